The summed E-state index contributed by atoms with van der Waals surface area (Å²) in [5.74, 6) is -1.69. The Morgan fingerprint density at radius 2 is 1.00 bits per heavy atom. The standard InChI is InChI=1S/C60H98O27/c1-23-33(64)36(67)42(73)51(78-23)86-47-38(69)35(66)28(21-62)81-53(47)87-48-40(71)39(70)46(49(76)77)85-54(48)82-31-13-14-57(6)29(58(31,7)22-63)12-15-60(9)30(57)11-10-25-26-18-55(3,4)19-32(56(26,5)16-17-59(25,60)8)83-50-44(75)41(72)45(24(2)79-50)84-52-43(74)37(68)34(65)27(20-61)80-52/h10,23-24,26-48,50-54,61-75H,11-22H2,1-9H3,(H,76,77)/t23-,24-,26-,27+,28+,29+,30+,31-,32+,33-,34+,35-,36+,37-,38-,39-,40-,41-,42+,43+,44+,45-,46-,47+,48+,50-,51-,52-,53-,54+,56+,57-,58+,59+,60+/m0/s1. The van der Waals surface area contributed by atoms with Crippen LogP contribution in [0, 0.1) is 50.2 Å². The number of ether oxygens (including phenoxy) is 10. The molecule has 27 nitrogen and oxygen atoms in total. The van der Waals surface area contributed by atoms with Crippen molar-refractivity contribution in [3.63, 3.8) is 0 Å². The molecule has 0 aromatic rings. The second-order valence-electron chi connectivity index (χ2n) is 29.2. The van der Waals surface area contributed by atoms with Crippen molar-refractivity contribution in [1.29, 1.82) is 0 Å². The number of aliphatic carboxylic acids is 1. The van der Waals surface area contributed by atoms with Gasteiger partial charge in [0.25, 0.3) is 0 Å². The van der Waals surface area contributed by atoms with Crippen molar-refractivity contribution in [2.45, 2.75) is 286 Å². The van der Waals surface area contributed by atoms with Crippen LogP contribution in [0.4, 0.5) is 0 Å². The smallest absolute Gasteiger partial charge is 0.335 e. The lowest BCUT2D eigenvalue weighted by atomic mass is 9.33. The van der Waals surface area contributed by atoms with Gasteiger partial charge >= 0.3 is 5.97 Å². The van der Waals surface area contributed by atoms with E-state index in [1.54, 1.807) is 6.92 Å². The minimum atomic E-state index is -2.12. The molecule has 0 aromatic heterocycles. The molecule has 16 N–H and O–H groups in total. The lowest BCUT2D eigenvalue weighted by Crippen LogP contribution is -2.68. The third-order valence-corrected chi connectivity index (χ3v) is 23.7. The monoisotopic (exact) mass is 1250 g/mol. The van der Waals surface area contributed by atoms with Gasteiger partial charge in [0.1, 0.15) is 104 Å². The van der Waals surface area contributed by atoms with Gasteiger partial charge in [0.2, 0.25) is 0 Å². The highest BCUT2D eigenvalue weighted by molar-refractivity contribution is 5.73. The van der Waals surface area contributed by atoms with Gasteiger partial charge in [-0.25, -0.2) is 4.79 Å². The van der Waals surface area contributed by atoms with E-state index in [2.05, 4.69) is 47.6 Å². The number of rotatable bonds is 14. The molecule has 27 heteroatoms. The first-order valence-electron chi connectivity index (χ1n) is 31.1. The summed E-state index contributed by atoms with van der Waals surface area (Å²) in [5, 5.41) is 174. The highest BCUT2D eigenvalue weighted by Gasteiger charge is 2.70. The van der Waals surface area contributed by atoms with Crippen LogP contribution >= 0.6 is 0 Å². The van der Waals surface area contributed by atoms with Gasteiger partial charge in [0, 0.05) is 10.8 Å². The van der Waals surface area contributed by atoms with E-state index >= 15 is 0 Å². The van der Waals surface area contributed by atoms with E-state index in [4.69, 9.17) is 47.4 Å². The van der Waals surface area contributed by atoms with Crippen molar-refractivity contribution < 1.29 is 134 Å². The van der Waals surface area contributed by atoms with Crippen LogP contribution < -0.4 is 0 Å². The molecule has 0 radical (unpaired) electrons. The first-order chi connectivity index (χ1) is 40.7. The fraction of sp³-hybridized carbons (Fsp3) is 0.950. The Hall–Kier alpha value is -1.79. The number of allylic oxidation sites excluding steroid dienone is 2. The van der Waals surface area contributed by atoms with E-state index in [0.29, 0.717) is 25.7 Å². The molecule has 10 rings (SSSR count). The van der Waals surface area contributed by atoms with E-state index in [9.17, 15) is 86.5 Å². The summed E-state index contributed by atoms with van der Waals surface area (Å²) >= 11 is 0. The van der Waals surface area contributed by atoms with Crippen molar-refractivity contribution in [1.82, 2.24) is 0 Å². The maximum atomic E-state index is 12.6. The quantitative estimate of drug-likeness (QED) is 0.0625. The topological polar surface area (TPSA) is 433 Å². The second-order valence-corrected chi connectivity index (χ2v) is 29.2. The molecule has 500 valence electrons. The SMILES string of the molecule is C[C@@H]1O[C@@H](O[C@H]2[C@H](O[C@H]3[C@H](O[C@H]4CC[C@@]5(C)[C@@H](CC[C@]6(C)[C@@H]5CC=C5[C@@H]7CC(C)(C)C[C@@H](O[C@@H]8O[C@@H](C)[C@H](O[C@@H]9O[C@H](CO)[C@@H](O)[C@H](O)[C@H]9O)[C@@H](O)[C@H]8O)[C@]7(C)CC[C@]56C)[C@@]4(C)CO)O[C@H](C(=O)O)[C@@H](O)[C@@H]3O)O[C@H](CO)[C@H](O)[C@@H]2O)[C@H](O)[C@H](O)[C@H]1O. The largest absolute Gasteiger partial charge is 0.479 e. The molecule has 4 saturated carbocycles. The molecule has 0 amide bonds. The van der Waals surface area contributed by atoms with Gasteiger partial charge in [-0.05, 0) is 111 Å². The Labute approximate surface area is 506 Å². The first kappa shape index (κ1) is 68.1. The average Bonchev–Trinajstić information content (AvgIpc) is 0.679. The fourth-order valence-electron chi connectivity index (χ4n) is 18.1. The van der Waals surface area contributed by atoms with Gasteiger partial charge in [0.15, 0.2) is 37.6 Å². The Kier molecular flexibility index (Phi) is 19.4. The molecule has 0 aromatic carbocycles. The minimum Gasteiger partial charge on any atom is -0.479 e. The Balaban J connectivity index is 0.875. The van der Waals surface area contributed by atoms with Crippen LogP contribution in [-0.2, 0) is 52.2 Å². The van der Waals surface area contributed by atoms with Crippen molar-refractivity contribution in [3.05, 3.63) is 11.6 Å². The van der Waals surface area contributed by atoms with E-state index in [-0.39, 0.29) is 40.6 Å². The molecule has 0 spiro atoms. The summed E-state index contributed by atoms with van der Waals surface area (Å²) in [6, 6.07) is 0. The van der Waals surface area contributed by atoms with Crippen LogP contribution in [0.1, 0.15) is 120 Å². The van der Waals surface area contributed by atoms with Crippen molar-refractivity contribution in [3.8, 4) is 0 Å². The van der Waals surface area contributed by atoms with Gasteiger partial charge in [-0.2, -0.15) is 0 Å². The molecular formula is C60H98O27. The highest BCUT2D eigenvalue weighted by Crippen LogP contribution is 2.76. The number of aliphatic hydroxyl groups excluding tert-OH is 15. The zero-order valence-electron chi connectivity index (χ0n) is 51.0. The summed E-state index contributed by atoms with van der Waals surface area (Å²) in [7, 11) is 0. The van der Waals surface area contributed by atoms with Crippen LogP contribution in [0.15, 0.2) is 11.6 Å². The Bertz CT molecular complexity index is 2440. The molecule has 0 unspecified atom stereocenters. The lowest BCUT2D eigenvalue weighted by molar-refractivity contribution is -0.396. The minimum absolute atomic E-state index is 0.0427. The van der Waals surface area contributed by atoms with E-state index in [1.807, 2.05) is 6.92 Å². The number of carboxylic acids is 1. The summed E-state index contributed by atoms with van der Waals surface area (Å²) in [6.45, 7) is 16.7. The molecule has 5 aliphatic heterocycles. The zero-order valence-corrected chi connectivity index (χ0v) is 51.0. The zero-order chi connectivity index (χ0) is 63.7. The van der Waals surface area contributed by atoms with Crippen LogP contribution in [0.3, 0.4) is 0 Å². The second kappa shape index (κ2) is 24.8. The molecule has 5 heterocycles. The summed E-state index contributed by atoms with van der Waals surface area (Å²) in [5.41, 5.74) is -1.34. The molecular weight excluding hydrogens is 1150 g/mol. The predicted molar refractivity (Wildman–Crippen MR) is 294 cm³/mol. The van der Waals surface area contributed by atoms with Crippen LogP contribution in [-0.4, -0.2) is 273 Å². The number of carboxylic acid groups (broad SMARTS) is 1. The van der Waals surface area contributed by atoms with Crippen molar-refractivity contribution in [2.75, 3.05) is 19.8 Å². The predicted octanol–water partition coefficient (Wildman–Crippen LogP) is -2.62. The third-order valence-electron chi connectivity index (χ3n) is 23.7. The normalized spacial score (nSPS) is 56.0. The highest BCUT2D eigenvalue weighted by atomic mass is 16.8. The van der Waals surface area contributed by atoms with Crippen molar-refractivity contribution >= 4 is 5.97 Å². The summed E-state index contributed by atoms with van der Waals surface area (Å²) in [4.78, 5) is 12.6. The van der Waals surface area contributed by atoms with Crippen LogP contribution in [0.25, 0.3) is 0 Å². The summed E-state index contributed by atoms with van der Waals surface area (Å²) in [6.07, 6.45) is -34.4. The lowest BCUT2D eigenvalue weighted by Gasteiger charge is -2.72. The van der Waals surface area contributed by atoms with Gasteiger partial charge in [0.05, 0.1) is 44.2 Å². The maximum absolute atomic E-state index is 12.6. The van der Waals surface area contributed by atoms with Crippen molar-refractivity contribution in [2.24, 2.45) is 50.2 Å². The maximum Gasteiger partial charge on any atom is 0.335 e. The third kappa shape index (κ3) is 11.3. The van der Waals surface area contributed by atoms with Gasteiger partial charge < -0.3 is 129 Å². The van der Waals surface area contributed by atoms with Crippen LogP contribution in [0.2, 0.25) is 0 Å². The molecule has 5 aliphatic carbocycles. The molecule has 87 heavy (non-hydrogen) atoms. The average molecular weight is 1250 g/mol. The Morgan fingerprint density at radius 1 is 0.494 bits per heavy atom. The van der Waals surface area contributed by atoms with Crippen LogP contribution in [0.5, 0.6) is 0 Å². The number of hydrogen-bond acceptors (Lipinski definition) is 26. The molecule has 5 saturated heterocycles. The van der Waals surface area contributed by atoms with E-state index in [1.165, 1.54) is 12.5 Å². The molecule has 9 fully saturated rings. The fourth-order valence-corrected chi connectivity index (χ4v) is 18.1. The Morgan fingerprint density at radius 3 is 1.62 bits per heavy atom. The van der Waals surface area contributed by atoms with E-state index in [0.717, 1.165) is 32.1 Å². The molecule has 10 aliphatic rings. The van der Waals surface area contributed by atoms with Gasteiger partial charge in [-0.3, -0.25) is 0 Å². The van der Waals surface area contributed by atoms with Gasteiger partial charge in [-0.1, -0.05) is 60.1 Å². The number of fused-ring (bicyclic) bond motifs is 7. The molecule has 0 bridgehead atoms. The molecule has 35 atom stereocenters. The number of aliphatic hydroxyl groups is 15. The van der Waals surface area contributed by atoms with Gasteiger partial charge in [-0.15, -0.1) is 0 Å². The van der Waals surface area contributed by atoms with E-state index < -0.39 is 201 Å². The number of hydrogen-bond donors (Lipinski definition) is 16. The first-order valence-corrected chi connectivity index (χ1v) is 31.1. The number of carbonyl (C=O) groups is 1. The summed E-state index contributed by atoms with van der Waals surface area (Å²) < 4.78 is 61.1.